The highest BCUT2D eigenvalue weighted by molar-refractivity contribution is 5.89. The maximum atomic E-state index is 12.5. The zero-order chi connectivity index (χ0) is 16.8. The summed E-state index contributed by atoms with van der Waals surface area (Å²) in [5, 5.41) is 0. The molecular formula is C22H26O2. The second kappa shape index (κ2) is 7.65. The summed E-state index contributed by atoms with van der Waals surface area (Å²) in [5.74, 6) is 0.411. The van der Waals surface area contributed by atoms with Crippen LogP contribution in [0.25, 0.3) is 0 Å². The maximum absolute atomic E-state index is 12.5. The highest BCUT2D eigenvalue weighted by Gasteiger charge is 2.38. The normalized spacial score (nSPS) is 23.6. The first-order valence-corrected chi connectivity index (χ1v) is 9.06. The van der Waals surface area contributed by atoms with E-state index in [4.69, 9.17) is 4.74 Å². The molecule has 3 rings (SSSR count). The zero-order valence-electron chi connectivity index (χ0n) is 14.4. The summed E-state index contributed by atoms with van der Waals surface area (Å²) in [6.45, 7) is 2.17. The van der Waals surface area contributed by atoms with Crippen molar-refractivity contribution in [2.75, 3.05) is 0 Å². The smallest absolute Gasteiger partial charge is 0.338 e. The Morgan fingerprint density at radius 3 is 2.17 bits per heavy atom. The van der Waals surface area contributed by atoms with Crippen molar-refractivity contribution in [1.29, 1.82) is 0 Å². The Morgan fingerprint density at radius 1 is 1.00 bits per heavy atom. The summed E-state index contributed by atoms with van der Waals surface area (Å²) in [6.07, 6.45) is 6.08. The molecule has 24 heavy (non-hydrogen) atoms. The van der Waals surface area contributed by atoms with Crippen molar-refractivity contribution >= 4 is 5.97 Å². The quantitative estimate of drug-likeness (QED) is 0.656. The predicted molar refractivity (Wildman–Crippen MR) is 97.1 cm³/mol. The second-order valence-corrected chi connectivity index (χ2v) is 6.87. The zero-order valence-corrected chi connectivity index (χ0v) is 14.4. The lowest BCUT2D eigenvalue weighted by molar-refractivity contribution is -0.0453. The van der Waals surface area contributed by atoms with Crippen molar-refractivity contribution in [3.63, 3.8) is 0 Å². The number of carbonyl (C=O) groups excluding carboxylic acids is 1. The van der Waals surface area contributed by atoms with Gasteiger partial charge in [0.05, 0.1) is 5.56 Å². The molecule has 0 atom stereocenters. The largest absolute Gasteiger partial charge is 0.455 e. The molecule has 2 nitrogen and oxygen atoms in total. The van der Waals surface area contributed by atoms with Gasteiger partial charge >= 0.3 is 5.97 Å². The second-order valence-electron chi connectivity index (χ2n) is 6.87. The van der Waals surface area contributed by atoms with Crippen LogP contribution in [0.2, 0.25) is 0 Å². The number of benzene rings is 2. The summed E-state index contributed by atoms with van der Waals surface area (Å²) < 4.78 is 6.05. The van der Waals surface area contributed by atoms with Gasteiger partial charge in [0.1, 0.15) is 5.60 Å². The Labute approximate surface area is 144 Å². The van der Waals surface area contributed by atoms with E-state index < -0.39 is 0 Å². The Morgan fingerprint density at radius 2 is 1.58 bits per heavy atom. The van der Waals surface area contributed by atoms with Crippen LogP contribution in [-0.2, 0) is 4.74 Å². The molecule has 0 aliphatic heterocycles. The number of rotatable bonds is 5. The fourth-order valence-electron chi connectivity index (χ4n) is 3.89. The summed E-state index contributed by atoms with van der Waals surface area (Å²) in [7, 11) is 0. The van der Waals surface area contributed by atoms with Crippen molar-refractivity contribution in [2.45, 2.75) is 57.0 Å². The van der Waals surface area contributed by atoms with Gasteiger partial charge in [0.2, 0.25) is 0 Å². The van der Waals surface area contributed by atoms with Crippen LogP contribution in [0.5, 0.6) is 0 Å². The van der Waals surface area contributed by atoms with Crippen LogP contribution >= 0.6 is 0 Å². The highest BCUT2D eigenvalue weighted by atomic mass is 16.6. The van der Waals surface area contributed by atoms with E-state index in [1.54, 1.807) is 0 Å². The number of hydrogen-bond donors (Lipinski definition) is 0. The first-order chi connectivity index (χ1) is 11.7. The molecule has 1 fully saturated rings. The summed E-state index contributed by atoms with van der Waals surface area (Å²) in [4.78, 5) is 12.5. The molecule has 0 saturated heterocycles. The van der Waals surface area contributed by atoms with Gasteiger partial charge in [-0.3, -0.25) is 0 Å². The van der Waals surface area contributed by atoms with E-state index in [-0.39, 0.29) is 11.6 Å². The topological polar surface area (TPSA) is 26.3 Å². The minimum atomic E-state index is -0.285. The molecule has 126 valence electrons. The average Bonchev–Trinajstić information content (AvgIpc) is 2.64. The molecular weight excluding hydrogens is 296 g/mol. The molecule has 0 heterocycles. The third-order valence-corrected chi connectivity index (χ3v) is 5.19. The molecule has 1 aliphatic carbocycles. The fourth-order valence-corrected chi connectivity index (χ4v) is 3.89. The van der Waals surface area contributed by atoms with Crippen LogP contribution in [0.3, 0.4) is 0 Å². The van der Waals surface area contributed by atoms with Gasteiger partial charge in [0, 0.05) is 0 Å². The first kappa shape index (κ1) is 16.8. The van der Waals surface area contributed by atoms with Gasteiger partial charge in [-0.25, -0.2) is 4.79 Å². The number of carbonyl (C=O) groups is 1. The van der Waals surface area contributed by atoms with Gasteiger partial charge in [0.25, 0.3) is 0 Å². The first-order valence-electron chi connectivity index (χ1n) is 9.06. The van der Waals surface area contributed by atoms with Crippen LogP contribution in [0.4, 0.5) is 0 Å². The van der Waals surface area contributed by atoms with Crippen LogP contribution in [-0.4, -0.2) is 11.6 Å². The lowest BCUT2D eigenvalue weighted by atomic mass is 9.74. The van der Waals surface area contributed by atoms with Gasteiger partial charge in [-0.2, -0.15) is 0 Å². The SMILES string of the molecule is CCCC1(OC(=O)c2ccccc2)CCC(c2ccccc2)CC1. The molecule has 0 spiro atoms. The number of hydrogen-bond acceptors (Lipinski definition) is 2. The van der Waals surface area contributed by atoms with E-state index >= 15 is 0 Å². The predicted octanol–water partition coefficient (Wildman–Crippen LogP) is 5.74. The monoisotopic (exact) mass is 322 g/mol. The van der Waals surface area contributed by atoms with Crippen LogP contribution in [0.1, 0.15) is 67.3 Å². The third kappa shape index (κ3) is 3.87. The lowest BCUT2D eigenvalue weighted by Gasteiger charge is -2.40. The van der Waals surface area contributed by atoms with E-state index in [0.29, 0.717) is 11.5 Å². The Bertz CT molecular complexity index is 640. The van der Waals surface area contributed by atoms with E-state index in [2.05, 4.69) is 37.3 Å². The minimum absolute atomic E-state index is 0.179. The minimum Gasteiger partial charge on any atom is -0.455 e. The molecule has 0 bridgehead atoms. The van der Waals surface area contributed by atoms with Gasteiger partial charge in [-0.1, -0.05) is 61.9 Å². The van der Waals surface area contributed by atoms with Crippen molar-refractivity contribution in [3.05, 3.63) is 71.8 Å². The Kier molecular flexibility index (Phi) is 5.34. The molecule has 0 aromatic heterocycles. The van der Waals surface area contributed by atoms with Gasteiger partial charge in [-0.05, 0) is 55.7 Å². The lowest BCUT2D eigenvalue weighted by Crippen LogP contribution is -2.38. The Balaban J connectivity index is 1.68. The molecule has 0 amide bonds. The summed E-state index contributed by atoms with van der Waals surface area (Å²) >= 11 is 0. The van der Waals surface area contributed by atoms with Crippen molar-refractivity contribution in [3.8, 4) is 0 Å². The highest BCUT2D eigenvalue weighted by Crippen LogP contribution is 2.42. The molecule has 2 heteroatoms. The maximum Gasteiger partial charge on any atom is 0.338 e. The molecule has 2 aromatic carbocycles. The Hall–Kier alpha value is -2.09. The molecule has 0 radical (unpaired) electrons. The van der Waals surface area contributed by atoms with Crippen molar-refractivity contribution < 1.29 is 9.53 Å². The van der Waals surface area contributed by atoms with Crippen LogP contribution < -0.4 is 0 Å². The van der Waals surface area contributed by atoms with Gasteiger partial charge in [0.15, 0.2) is 0 Å². The summed E-state index contributed by atoms with van der Waals surface area (Å²) in [6, 6.07) is 20.1. The molecule has 1 aliphatic rings. The van der Waals surface area contributed by atoms with Crippen LogP contribution in [0, 0.1) is 0 Å². The third-order valence-electron chi connectivity index (χ3n) is 5.19. The fraction of sp³-hybridized carbons (Fsp3) is 0.409. The van der Waals surface area contributed by atoms with E-state index in [0.717, 1.165) is 38.5 Å². The van der Waals surface area contributed by atoms with Crippen molar-refractivity contribution in [2.24, 2.45) is 0 Å². The van der Waals surface area contributed by atoms with E-state index in [9.17, 15) is 4.79 Å². The van der Waals surface area contributed by atoms with Crippen LogP contribution in [0.15, 0.2) is 60.7 Å². The average molecular weight is 322 g/mol. The molecule has 0 N–H and O–H groups in total. The van der Waals surface area contributed by atoms with E-state index in [1.807, 2.05) is 30.3 Å². The van der Waals surface area contributed by atoms with Gasteiger partial charge < -0.3 is 4.74 Å². The molecule has 2 aromatic rings. The van der Waals surface area contributed by atoms with Gasteiger partial charge in [-0.15, -0.1) is 0 Å². The number of ether oxygens (including phenoxy) is 1. The summed E-state index contributed by atoms with van der Waals surface area (Å²) in [5.41, 5.74) is 1.78. The molecule has 1 saturated carbocycles. The standard InChI is InChI=1S/C22H26O2/c1-2-15-22(24-21(23)20-11-7-4-8-12-20)16-13-19(14-17-22)18-9-5-3-6-10-18/h3-12,19H,2,13-17H2,1H3. The van der Waals surface area contributed by atoms with E-state index in [1.165, 1.54) is 5.56 Å². The van der Waals surface area contributed by atoms with Crippen molar-refractivity contribution in [1.82, 2.24) is 0 Å². The number of esters is 1. The molecule has 0 unspecified atom stereocenters.